The first kappa shape index (κ1) is 18.5. The molecule has 7 nitrogen and oxygen atoms in total. The Morgan fingerprint density at radius 2 is 1.96 bits per heavy atom. The summed E-state index contributed by atoms with van der Waals surface area (Å²) in [6.45, 7) is 0. The number of aromatic nitrogens is 2. The minimum absolute atomic E-state index is 0.0771. The summed E-state index contributed by atoms with van der Waals surface area (Å²) in [5.74, 6) is -1.64. The summed E-state index contributed by atoms with van der Waals surface area (Å²) in [6.07, 6.45) is 2.31. The highest BCUT2D eigenvalue weighted by molar-refractivity contribution is 7.18. The van der Waals surface area contributed by atoms with Gasteiger partial charge in [-0.3, -0.25) is 10.1 Å². The van der Waals surface area contributed by atoms with E-state index in [9.17, 15) is 14.0 Å². The molecule has 1 heterocycles. The third-order valence-electron chi connectivity index (χ3n) is 4.22. The molecule has 1 aliphatic carbocycles. The fraction of sp³-hybridized carbons (Fsp3) is 0.375. The van der Waals surface area contributed by atoms with Gasteiger partial charge in [-0.25, -0.2) is 9.18 Å². The first-order valence-corrected chi connectivity index (χ1v) is 9.21. The van der Waals surface area contributed by atoms with Crippen molar-refractivity contribution >= 4 is 40.1 Å². The number of carboxylic acid groups (broad SMARTS) is 1. The number of hydrogen-bond acceptors (Lipinski definition) is 5. The van der Waals surface area contributed by atoms with Gasteiger partial charge in [-0.15, -0.1) is 10.2 Å². The van der Waals surface area contributed by atoms with Crippen LogP contribution < -0.4 is 10.6 Å². The Balaban J connectivity index is 1.56. The van der Waals surface area contributed by atoms with Crippen molar-refractivity contribution in [3.63, 3.8) is 0 Å². The van der Waals surface area contributed by atoms with Crippen LogP contribution in [0.2, 0.25) is 5.02 Å². The van der Waals surface area contributed by atoms with Crippen LogP contribution in [-0.2, 0) is 4.79 Å². The van der Waals surface area contributed by atoms with Gasteiger partial charge in [-0.2, -0.15) is 0 Å². The number of aliphatic carboxylic acids is 1. The van der Waals surface area contributed by atoms with Crippen molar-refractivity contribution in [2.45, 2.75) is 31.7 Å². The van der Waals surface area contributed by atoms with Gasteiger partial charge in [0.2, 0.25) is 5.13 Å². The average molecular weight is 399 g/mol. The molecule has 3 rings (SSSR count). The molecule has 138 valence electrons. The minimum atomic E-state index is -0.788. The average Bonchev–Trinajstić information content (AvgIpc) is 3.03. The van der Waals surface area contributed by atoms with Crippen LogP contribution in [0.15, 0.2) is 18.2 Å². The van der Waals surface area contributed by atoms with Crippen molar-refractivity contribution in [1.82, 2.24) is 15.5 Å². The molecule has 1 fully saturated rings. The highest BCUT2D eigenvalue weighted by Gasteiger charge is 2.26. The Morgan fingerprint density at radius 1 is 1.23 bits per heavy atom. The lowest BCUT2D eigenvalue weighted by Gasteiger charge is -2.26. The highest BCUT2D eigenvalue weighted by atomic mass is 35.5. The predicted molar refractivity (Wildman–Crippen MR) is 95.8 cm³/mol. The van der Waals surface area contributed by atoms with Crippen LogP contribution >= 0.6 is 22.9 Å². The smallest absolute Gasteiger partial charge is 0.321 e. The van der Waals surface area contributed by atoms with Gasteiger partial charge in [-0.05, 0) is 43.9 Å². The first-order chi connectivity index (χ1) is 12.4. The lowest BCUT2D eigenvalue weighted by atomic mass is 9.86. The van der Waals surface area contributed by atoms with Crippen molar-refractivity contribution < 1.29 is 19.1 Å². The van der Waals surface area contributed by atoms with E-state index in [1.165, 1.54) is 12.1 Å². The van der Waals surface area contributed by atoms with Crippen molar-refractivity contribution in [2.75, 3.05) is 5.32 Å². The van der Waals surface area contributed by atoms with Crippen LogP contribution in [0.1, 0.15) is 25.7 Å². The van der Waals surface area contributed by atoms with Crippen molar-refractivity contribution in [3.8, 4) is 10.6 Å². The molecule has 1 aromatic heterocycles. The molecule has 1 saturated carbocycles. The summed E-state index contributed by atoms with van der Waals surface area (Å²) in [4.78, 5) is 23.0. The van der Waals surface area contributed by atoms with Crippen LogP contribution in [0.25, 0.3) is 10.6 Å². The summed E-state index contributed by atoms with van der Waals surface area (Å²) in [7, 11) is 0. The first-order valence-electron chi connectivity index (χ1n) is 8.01. The van der Waals surface area contributed by atoms with Gasteiger partial charge in [0.05, 0.1) is 5.92 Å². The maximum atomic E-state index is 13.9. The zero-order chi connectivity index (χ0) is 18.7. The van der Waals surface area contributed by atoms with E-state index < -0.39 is 17.8 Å². The molecule has 0 bridgehead atoms. The molecular weight excluding hydrogens is 383 g/mol. The Hall–Kier alpha value is -2.26. The monoisotopic (exact) mass is 398 g/mol. The number of carbonyl (C=O) groups is 2. The standard InChI is InChI=1S/C16H16ClFN4O3S/c17-9-3-6-11(12(18)7-9)13-21-22-16(26-13)20-15(25)19-10-4-1-8(2-5-10)14(23)24/h3,6-8,10H,1-2,4-5H2,(H,23,24)(H2,19,20,22,25). The molecule has 0 saturated heterocycles. The Labute approximate surface area is 157 Å². The van der Waals surface area contributed by atoms with Gasteiger partial charge in [0.15, 0.2) is 5.01 Å². The van der Waals surface area contributed by atoms with Gasteiger partial charge < -0.3 is 10.4 Å². The number of rotatable bonds is 4. The Bertz CT molecular complexity index is 824. The Morgan fingerprint density at radius 3 is 2.62 bits per heavy atom. The molecule has 0 radical (unpaired) electrons. The van der Waals surface area contributed by atoms with Gasteiger partial charge in [0, 0.05) is 16.6 Å². The molecule has 0 spiro atoms. The lowest BCUT2D eigenvalue weighted by Crippen LogP contribution is -2.40. The molecule has 3 N–H and O–H groups in total. The van der Waals surface area contributed by atoms with Crippen LogP contribution in [0.3, 0.4) is 0 Å². The number of halogens is 2. The summed E-state index contributed by atoms with van der Waals surface area (Å²) in [5, 5.41) is 22.9. The van der Waals surface area contributed by atoms with E-state index >= 15 is 0 Å². The van der Waals surface area contributed by atoms with Crippen LogP contribution in [-0.4, -0.2) is 33.3 Å². The van der Waals surface area contributed by atoms with Gasteiger partial charge in [0.25, 0.3) is 0 Å². The molecule has 0 aliphatic heterocycles. The van der Waals surface area contributed by atoms with Crippen LogP contribution in [0.4, 0.5) is 14.3 Å². The normalized spacial score (nSPS) is 19.8. The van der Waals surface area contributed by atoms with E-state index in [0.717, 1.165) is 11.3 Å². The quantitative estimate of drug-likeness (QED) is 0.727. The highest BCUT2D eigenvalue weighted by Crippen LogP contribution is 2.30. The third kappa shape index (κ3) is 4.47. The predicted octanol–water partition coefficient (Wildman–Crippen LogP) is 3.76. The molecule has 1 aliphatic rings. The van der Waals surface area contributed by atoms with Gasteiger partial charge >= 0.3 is 12.0 Å². The molecule has 0 unspecified atom stereocenters. The molecule has 1 aromatic carbocycles. The molecule has 26 heavy (non-hydrogen) atoms. The maximum Gasteiger partial charge on any atom is 0.321 e. The van der Waals surface area contributed by atoms with E-state index in [-0.39, 0.29) is 27.7 Å². The topological polar surface area (TPSA) is 104 Å². The number of carboxylic acids is 1. The summed E-state index contributed by atoms with van der Waals surface area (Å²) in [6, 6.07) is 3.72. The molecular formula is C16H16ClFN4O3S. The second-order valence-electron chi connectivity index (χ2n) is 6.02. The van der Waals surface area contributed by atoms with E-state index in [2.05, 4.69) is 20.8 Å². The van der Waals surface area contributed by atoms with Crippen molar-refractivity contribution in [2.24, 2.45) is 5.92 Å². The number of nitrogens with zero attached hydrogens (tertiary/aromatic N) is 2. The second-order valence-corrected chi connectivity index (χ2v) is 7.44. The summed E-state index contributed by atoms with van der Waals surface area (Å²) >= 11 is 6.77. The van der Waals surface area contributed by atoms with E-state index in [1.807, 2.05) is 0 Å². The number of urea groups is 1. The van der Waals surface area contributed by atoms with Gasteiger partial charge in [-0.1, -0.05) is 22.9 Å². The minimum Gasteiger partial charge on any atom is -0.481 e. The number of carbonyl (C=O) groups excluding carboxylic acids is 1. The molecule has 10 heteroatoms. The van der Waals surface area contributed by atoms with E-state index in [0.29, 0.717) is 30.7 Å². The Kier molecular flexibility index (Phi) is 5.67. The van der Waals surface area contributed by atoms with Crippen LogP contribution in [0, 0.1) is 11.7 Å². The molecule has 0 atom stereocenters. The fourth-order valence-corrected chi connectivity index (χ4v) is 3.77. The molecule has 2 aromatic rings. The SMILES string of the molecule is O=C(Nc1nnc(-c2ccc(Cl)cc2F)s1)NC1CCC(C(=O)O)CC1. The zero-order valence-electron chi connectivity index (χ0n) is 13.5. The van der Waals surface area contributed by atoms with E-state index in [1.54, 1.807) is 6.07 Å². The van der Waals surface area contributed by atoms with E-state index in [4.69, 9.17) is 16.7 Å². The number of anilines is 1. The summed E-state index contributed by atoms with van der Waals surface area (Å²) < 4.78 is 13.9. The van der Waals surface area contributed by atoms with Crippen molar-refractivity contribution in [1.29, 1.82) is 0 Å². The largest absolute Gasteiger partial charge is 0.481 e. The second kappa shape index (κ2) is 7.96. The number of hydrogen-bond donors (Lipinski definition) is 3. The summed E-state index contributed by atoms with van der Waals surface area (Å²) in [5.41, 5.74) is 0.257. The number of benzene rings is 1. The van der Waals surface area contributed by atoms with Gasteiger partial charge in [0.1, 0.15) is 5.82 Å². The zero-order valence-corrected chi connectivity index (χ0v) is 15.1. The van der Waals surface area contributed by atoms with Crippen molar-refractivity contribution in [3.05, 3.63) is 29.0 Å². The fourth-order valence-electron chi connectivity index (χ4n) is 2.85. The number of amides is 2. The molecule has 2 amide bonds. The lowest BCUT2D eigenvalue weighted by molar-refractivity contribution is -0.142. The maximum absolute atomic E-state index is 13.9. The third-order valence-corrected chi connectivity index (χ3v) is 5.33. The van der Waals surface area contributed by atoms with Crippen LogP contribution in [0.5, 0.6) is 0 Å². The number of nitrogens with one attached hydrogen (secondary N) is 2.